The van der Waals surface area contributed by atoms with Crippen LogP contribution in [-0.4, -0.2) is 47.9 Å². The van der Waals surface area contributed by atoms with Crippen molar-refractivity contribution < 1.29 is 19.1 Å². The molecule has 0 radical (unpaired) electrons. The third-order valence-corrected chi connectivity index (χ3v) is 5.53. The fraction of sp³-hybridized carbons (Fsp3) is 0.458. The molecule has 2 amide bonds. The molecule has 2 aromatic carbocycles. The van der Waals surface area contributed by atoms with Gasteiger partial charge in [0.05, 0.1) is 6.42 Å². The van der Waals surface area contributed by atoms with Gasteiger partial charge in [0.25, 0.3) is 5.91 Å². The highest BCUT2D eigenvalue weighted by molar-refractivity contribution is 5.92. The Balaban J connectivity index is 1.63. The predicted molar refractivity (Wildman–Crippen MR) is 116 cm³/mol. The molecule has 1 saturated heterocycles. The summed E-state index contributed by atoms with van der Waals surface area (Å²) in [7, 11) is 0. The third-order valence-electron chi connectivity index (χ3n) is 5.53. The van der Waals surface area contributed by atoms with Crippen molar-refractivity contribution in [1.82, 2.24) is 10.2 Å². The molecule has 6 nitrogen and oxygen atoms in total. The molecule has 0 aliphatic carbocycles. The summed E-state index contributed by atoms with van der Waals surface area (Å²) >= 11 is 0. The quantitative estimate of drug-likeness (QED) is 0.712. The summed E-state index contributed by atoms with van der Waals surface area (Å²) in [5, 5.41) is 4.89. The SMILES string of the molecule is CC(C)[C@H](NC(=O)Cc1cccc2ccccc12)C(=O)O[C@@H](C)C(=O)N1CCCC1. The Bertz CT molecular complexity index is 913. The lowest BCUT2D eigenvalue weighted by atomic mass is 10.0. The van der Waals surface area contributed by atoms with Crippen molar-refractivity contribution in [3.05, 3.63) is 48.0 Å². The minimum absolute atomic E-state index is 0.164. The second kappa shape index (κ2) is 9.74. The van der Waals surface area contributed by atoms with Gasteiger partial charge in [-0.15, -0.1) is 0 Å². The number of ether oxygens (including phenoxy) is 1. The van der Waals surface area contributed by atoms with Crippen molar-refractivity contribution in [1.29, 1.82) is 0 Å². The monoisotopic (exact) mass is 410 g/mol. The first-order valence-corrected chi connectivity index (χ1v) is 10.6. The maximum absolute atomic E-state index is 12.7. The Labute approximate surface area is 177 Å². The van der Waals surface area contributed by atoms with Gasteiger partial charge < -0.3 is 15.0 Å². The molecule has 0 bridgehead atoms. The normalized spacial score (nSPS) is 15.8. The van der Waals surface area contributed by atoms with Crippen LogP contribution in [0.2, 0.25) is 0 Å². The van der Waals surface area contributed by atoms with E-state index in [4.69, 9.17) is 4.74 Å². The summed E-state index contributed by atoms with van der Waals surface area (Å²) in [6, 6.07) is 12.9. The van der Waals surface area contributed by atoms with E-state index < -0.39 is 18.1 Å². The number of carbonyl (C=O) groups is 3. The van der Waals surface area contributed by atoms with Crippen LogP contribution in [0.1, 0.15) is 39.2 Å². The van der Waals surface area contributed by atoms with E-state index in [1.165, 1.54) is 0 Å². The van der Waals surface area contributed by atoms with Crippen LogP contribution >= 0.6 is 0 Å². The zero-order chi connectivity index (χ0) is 21.7. The maximum atomic E-state index is 12.7. The topological polar surface area (TPSA) is 75.7 Å². The number of hydrogen-bond donors (Lipinski definition) is 1. The molecular weight excluding hydrogens is 380 g/mol. The molecule has 0 aromatic heterocycles. The predicted octanol–water partition coefficient (Wildman–Crippen LogP) is 3.08. The Hall–Kier alpha value is -2.89. The smallest absolute Gasteiger partial charge is 0.329 e. The van der Waals surface area contributed by atoms with E-state index in [1.54, 1.807) is 11.8 Å². The Kier molecular flexibility index (Phi) is 7.08. The number of fused-ring (bicyclic) bond motifs is 1. The number of hydrogen-bond acceptors (Lipinski definition) is 4. The van der Waals surface area contributed by atoms with Gasteiger partial charge in [0.15, 0.2) is 6.10 Å². The largest absolute Gasteiger partial charge is 0.451 e. The van der Waals surface area contributed by atoms with Gasteiger partial charge in [-0.1, -0.05) is 56.3 Å². The van der Waals surface area contributed by atoms with Gasteiger partial charge in [-0.25, -0.2) is 4.79 Å². The summed E-state index contributed by atoms with van der Waals surface area (Å²) in [6.07, 6.45) is 1.27. The third kappa shape index (κ3) is 5.17. The van der Waals surface area contributed by atoms with Crippen LogP contribution in [0.5, 0.6) is 0 Å². The van der Waals surface area contributed by atoms with Crippen molar-refractivity contribution in [3.63, 3.8) is 0 Å². The van der Waals surface area contributed by atoms with Crippen molar-refractivity contribution in [2.24, 2.45) is 5.92 Å². The molecule has 3 rings (SSSR count). The van der Waals surface area contributed by atoms with E-state index in [2.05, 4.69) is 5.32 Å². The van der Waals surface area contributed by atoms with Crippen LogP contribution in [0.25, 0.3) is 10.8 Å². The molecule has 1 aliphatic rings. The average molecular weight is 411 g/mol. The molecule has 2 atom stereocenters. The number of carbonyl (C=O) groups excluding carboxylic acids is 3. The Morgan fingerprint density at radius 1 is 1.00 bits per heavy atom. The lowest BCUT2D eigenvalue weighted by Crippen LogP contribution is -2.48. The average Bonchev–Trinajstić information content (AvgIpc) is 3.26. The number of nitrogens with zero attached hydrogens (tertiary/aromatic N) is 1. The van der Waals surface area contributed by atoms with Crippen LogP contribution in [-0.2, 0) is 25.5 Å². The second-order valence-electron chi connectivity index (χ2n) is 8.22. The lowest BCUT2D eigenvalue weighted by molar-refractivity contribution is -0.161. The van der Waals surface area contributed by atoms with Crippen LogP contribution < -0.4 is 5.32 Å². The fourth-order valence-corrected chi connectivity index (χ4v) is 3.83. The molecule has 1 heterocycles. The van der Waals surface area contributed by atoms with Crippen molar-refractivity contribution in [2.75, 3.05) is 13.1 Å². The molecule has 0 saturated carbocycles. The summed E-state index contributed by atoms with van der Waals surface area (Å²) in [6.45, 7) is 6.69. The van der Waals surface area contributed by atoms with Crippen LogP contribution in [0.15, 0.2) is 42.5 Å². The van der Waals surface area contributed by atoms with E-state index in [1.807, 2.05) is 56.3 Å². The minimum Gasteiger partial charge on any atom is -0.451 e. The van der Waals surface area contributed by atoms with Crippen molar-refractivity contribution >= 4 is 28.6 Å². The van der Waals surface area contributed by atoms with Crippen molar-refractivity contribution in [2.45, 2.75) is 52.2 Å². The highest BCUT2D eigenvalue weighted by Crippen LogP contribution is 2.19. The fourth-order valence-electron chi connectivity index (χ4n) is 3.83. The van der Waals surface area contributed by atoms with Crippen molar-refractivity contribution in [3.8, 4) is 0 Å². The molecule has 30 heavy (non-hydrogen) atoms. The first-order valence-electron chi connectivity index (χ1n) is 10.6. The van der Waals surface area contributed by atoms with E-state index in [9.17, 15) is 14.4 Å². The van der Waals surface area contributed by atoms with Gasteiger partial charge in [0.1, 0.15) is 6.04 Å². The Morgan fingerprint density at radius 3 is 2.37 bits per heavy atom. The summed E-state index contributed by atoms with van der Waals surface area (Å²) in [5.41, 5.74) is 0.902. The number of likely N-dealkylation sites (tertiary alicyclic amines) is 1. The van der Waals surface area contributed by atoms with E-state index in [0.717, 1.165) is 29.2 Å². The Morgan fingerprint density at radius 2 is 1.67 bits per heavy atom. The summed E-state index contributed by atoms with van der Waals surface area (Å²) < 4.78 is 5.42. The van der Waals surface area contributed by atoms with E-state index >= 15 is 0 Å². The summed E-state index contributed by atoms with van der Waals surface area (Å²) in [4.78, 5) is 39.6. The standard InChI is InChI=1S/C24H30N2O4/c1-16(2)22(24(29)30-17(3)23(28)26-13-6-7-14-26)25-21(27)15-19-11-8-10-18-9-4-5-12-20(18)19/h4-5,8-12,16-17,22H,6-7,13-15H2,1-3H3,(H,25,27)/t17-,22-/m0/s1. The number of esters is 1. The number of benzene rings is 2. The second-order valence-corrected chi connectivity index (χ2v) is 8.22. The molecule has 160 valence electrons. The highest BCUT2D eigenvalue weighted by Gasteiger charge is 2.31. The highest BCUT2D eigenvalue weighted by atomic mass is 16.5. The van der Waals surface area contributed by atoms with Crippen LogP contribution in [0, 0.1) is 5.92 Å². The lowest BCUT2D eigenvalue weighted by Gasteiger charge is -2.25. The molecular formula is C24H30N2O4. The first-order chi connectivity index (χ1) is 14.4. The number of nitrogens with one attached hydrogen (secondary N) is 1. The molecule has 1 aliphatic heterocycles. The van der Waals surface area contributed by atoms with Gasteiger partial charge in [-0.3, -0.25) is 9.59 Å². The molecule has 6 heteroatoms. The van der Waals surface area contributed by atoms with Gasteiger partial charge in [0, 0.05) is 13.1 Å². The van der Waals surface area contributed by atoms with Gasteiger partial charge in [-0.2, -0.15) is 0 Å². The molecule has 2 aromatic rings. The summed E-state index contributed by atoms with van der Waals surface area (Å²) in [5.74, 6) is -1.16. The van der Waals surface area contributed by atoms with Gasteiger partial charge in [0.2, 0.25) is 5.91 Å². The number of amides is 2. The van der Waals surface area contributed by atoms with Gasteiger partial charge >= 0.3 is 5.97 Å². The number of rotatable bonds is 7. The van der Waals surface area contributed by atoms with E-state index in [-0.39, 0.29) is 24.2 Å². The molecule has 0 unspecified atom stereocenters. The molecule has 1 fully saturated rings. The van der Waals surface area contributed by atoms with Crippen LogP contribution in [0.4, 0.5) is 0 Å². The maximum Gasteiger partial charge on any atom is 0.329 e. The van der Waals surface area contributed by atoms with Crippen LogP contribution in [0.3, 0.4) is 0 Å². The first kappa shape index (κ1) is 21.8. The van der Waals surface area contributed by atoms with Gasteiger partial charge in [-0.05, 0) is 42.0 Å². The zero-order valence-electron chi connectivity index (χ0n) is 17.9. The zero-order valence-corrected chi connectivity index (χ0v) is 17.9. The van der Waals surface area contributed by atoms with E-state index in [0.29, 0.717) is 13.1 Å². The molecule has 0 spiro atoms. The minimum atomic E-state index is -0.855. The molecule has 1 N–H and O–H groups in total.